The Labute approximate surface area is 125 Å². The monoisotopic (exact) mass is 286 g/mol. The molecule has 0 saturated heterocycles. The predicted molar refractivity (Wildman–Crippen MR) is 82.5 cm³/mol. The van der Waals surface area contributed by atoms with Gasteiger partial charge in [0.05, 0.1) is 12.7 Å². The number of unbranched alkanes of at least 4 members (excludes halogenated alkanes) is 1. The molecule has 0 spiro atoms. The Balaban J connectivity index is 1.60. The summed E-state index contributed by atoms with van der Waals surface area (Å²) in [5, 5.41) is 2.95. The fraction of sp³-hybridized carbons (Fsp3) is 0.375. The molecule has 1 amide bonds. The number of nitrogens with zero attached hydrogens (tertiary/aromatic N) is 2. The van der Waals surface area contributed by atoms with Gasteiger partial charge >= 0.3 is 0 Å². The molecule has 0 fully saturated rings. The second kappa shape index (κ2) is 8.21. The van der Waals surface area contributed by atoms with Gasteiger partial charge in [0, 0.05) is 32.0 Å². The average molecular weight is 286 g/mol. The highest BCUT2D eigenvalue weighted by atomic mass is 16.1. The van der Waals surface area contributed by atoms with Crippen LogP contribution in [0.25, 0.3) is 0 Å². The lowest BCUT2D eigenvalue weighted by molar-refractivity contribution is -0.120. The number of hydrogen-bond donors (Lipinski definition) is 2. The molecule has 1 aromatic carbocycles. The SMILES string of the molecule is NCc1ccc(CC(=O)NCCCCn2ccnc2)cc1. The first kappa shape index (κ1) is 15.3. The molecule has 0 atom stereocenters. The smallest absolute Gasteiger partial charge is 0.224 e. The van der Waals surface area contributed by atoms with E-state index in [4.69, 9.17) is 5.73 Å². The van der Waals surface area contributed by atoms with Gasteiger partial charge in [-0.2, -0.15) is 0 Å². The summed E-state index contributed by atoms with van der Waals surface area (Å²) in [6.07, 6.45) is 7.95. The van der Waals surface area contributed by atoms with E-state index in [1.165, 1.54) is 0 Å². The largest absolute Gasteiger partial charge is 0.356 e. The summed E-state index contributed by atoms with van der Waals surface area (Å²) in [5.74, 6) is 0.0677. The Kier molecular flexibility index (Phi) is 5.97. The highest BCUT2D eigenvalue weighted by Gasteiger charge is 2.02. The maximum absolute atomic E-state index is 11.8. The number of aryl methyl sites for hydroxylation is 1. The molecule has 5 nitrogen and oxygen atoms in total. The number of hydrogen-bond acceptors (Lipinski definition) is 3. The minimum atomic E-state index is 0.0677. The van der Waals surface area contributed by atoms with Gasteiger partial charge in [-0.1, -0.05) is 24.3 Å². The van der Waals surface area contributed by atoms with Gasteiger partial charge in [0.1, 0.15) is 0 Å². The lowest BCUT2D eigenvalue weighted by Crippen LogP contribution is -2.26. The van der Waals surface area contributed by atoms with E-state index in [1.54, 1.807) is 6.20 Å². The van der Waals surface area contributed by atoms with Gasteiger partial charge in [0.15, 0.2) is 0 Å². The van der Waals surface area contributed by atoms with E-state index in [9.17, 15) is 4.79 Å². The summed E-state index contributed by atoms with van der Waals surface area (Å²) >= 11 is 0. The molecule has 0 bridgehead atoms. The number of carbonyl (C=O) groups excluding carboxylic acids is 1. The van der Waals surface area contributed by atoms with E-state index < -0.39 is 0 Å². The van der Waals surface area contributed by atoms with Crippen molar-refractivity contribution < 1.29 is 4.79 Å². The van der Waals surface area contributed by atoms with Crippen LogP contribution in [-0.4, -0.2) is 22.0 Å². The molecule has 21 heavy (non-hydrogen) atoms. The van der Waals surface area contributed by atoms with Crippen LogP contribution < -0.4 is 11.1 Å². The van der Waals surface area contributed by atoms with Gasteiger partial charge in [-0.25, -0.2) is 4.98 Å². The molecule has 0 aliphatic carbocycles. The molecule has 0 aliphatic heterocycles. The highest BCUT2D eigenvalue weighted by Crippen LogP contribution is 2.04. The minimum absolute atomic E-state index is 0.0677. The van der Waals surface area contributed by atoms with E-state index in [1.807, 2.05) is 41.4 Å². The number of nitrogens with one attached hydrogen (secondary N) is 1. The zero-order valence-corrected chi connectivity index (χ0v) is 12.2. The zero-order valence-electron chi connectivity index (χ0n) is 12.2. The van der Waals surface area contributed by atoms with Crippen LogP contribution in [0.3, 0.4) is 0 Å². The van der Waals surface area contributed by atoms with Crippen LogP contribution >= 0.6 is 0 Å². The fourth-order valence-electron chi connectivity index (χ4n) is 2.11. The number of rotatable bonds is 8. The van der Waals surface area contributed by atoms with Crippen molar-refractivity contribution in [3.63, 3.8) is 0 Å². The van der Waals surface area contributed by atoms with Crippen LogP contribution in [0.5, 0.6) is 0 Å². The maximum atomic E-state index is 11.8. The molecule has 0 unspecified atom stereocenters. The molecule has 3 N–H and O–H groups in total. The Morgan fingerprint density at radius 3 is 2.62 bits per heavy atom. The lowest BCUT2D eigenvalue weighted by Gasteiger charge is -2.06. The second-order valence-corrected chi connectivity index (χ2v) is 5.05. The molecular formula is C16H22N4O. The topological polar surface area (TPSA) is 72.9 Å². The third kappa shape index (κ3) is 5.39. The van der Waals surface area contributed by atoms with E-state index in [2.05, 4.69) is 10.3 Å². The molecule has 2 rings (SSSR count). The Bertz CT molecular complexity index is 534. The molecule has 1 heterocycles. The number of carbonyl (C=O) groups is 1. The van der Waals surface area contributed by atoms with Crippen molar-refractivity contribution in [3.8, 4) is 0 Å². The van der Waals surface area contributed by atoms with E-state index in [0.717, 1.165) is 30.5 Å². The van der Waals surface area contributed by atoms with Crippen molar-refractivity contribution >= 4 is 5.91 Å². The Morgan fingerprint density at radius 1 is 1.19 bits per heavy atom. The quantitative estimate of drug-likeness (QED) is 0.722. The van der Waals surface area contributed by atoms with Crippen LogP contribution in [-0.2, 0) is 24.3 Å². The van der Waals surface area contributed by atoms with Gasteiger partial charge in [0.25, 0.3) is 0 Å². The number of imidazole rings is 1. The average Bonchev–Trinajstić information content (AvgIpc) is 3.01. The lowest BCUT2D eigenvalue weighted by atomic mass is 10.1. The van der Waals surface area contributed by atoms with Crippen LogP contribution in [0.2, 0.25) is 0 Å². The third-order valence-electron chi connectivity index (χ3n) is 3.35. The maximum Gasteiger partial charge on any atom is 0.224 e. The summed E-state index contributed by atoms with van der Waals surface area (Å²) < 4.78 is 2.04. The fourth-order valence-corrected chi connectivity index (χ4v) is 2.11. The van der Waals surface area contributed by atoms with Gasteiger partial charge < -0.3 is 15.6 Å². The molecule has 0 saturated carbocycles. The van der Waals surface area contributed by atoms with Crippen LogP contribution in [0.15, 0.2) is 43.0 Å². The predicted octanol–water partition coefficient (Wildman–Crippen LogP) is 1.48. The summed E-state index contributed by atoms with van der Waals surface area (Å²) in [7, 11) is 0. The highest BCUT2D eigenvalue weighted by molar-refractivity contribution is 5.78. The van der Waals surface area contributed by atoms with Gasteiger partial charge in [-0.3, -0.25) is 4.79 Å². The van der Waals surface area contributed by atoms with Crippen LogP contribution in [0.1, 0.15) is 24.0 Å². The second-order valence-electron chi connectivity index (χ2n) is 5.05. The normalized spacial score (nSPS) is 10.5. The number of benzene rings is 1. The minimum Gasteiger partial charge on any atom is -0.356 e. The van der Waals surface area contributed by atoms with Gasteiger partial charge in [0.2, 0.25) is 5.91 Å². The molecular weight excluding hydrogens is 264 g/mol. The molecule has 5 heteroatoms. The first-order chi connectivity index (χ1) is 10.3. The van der Waals surface area contributed by atoms with Crippen molar-refractivity contribution in [2.24, 2.45) is 5.73 Å². The third-order valence-corrected chi connectivity index (χ3v) is 3.35. The van der Waals surface area contributed by atoms with E-state index >= 15 is 0 Å². The molecule has 0 radical (unpaired) electrons. The molecule has 112 valence electrons. The summed E-state index contributed by atoms with van der Waals surface area (Å²) in [6.45, 7) is 2.19. The number of amides is 1. The first-order valence-electron chi connectivity index (χ1n) is 7.28. The standard InChI is InChI=1S/C16H22N4O/c17-12-15-5-3-14(4-6-15)11-16(21)19-7-1-2-9-20-10-8-18-13-20/h3-6,8,10,13H,1-2,7,9,11-12,17H2,(H,19,21). The molecule has 1 aromatic heterocycles. The number of nitrogens with two attached hydrogens (primary N) is 1. The molecule has 0 aliphatic rings. The zero-order chi connectivity index (χ0) is 14.9. The van der Waals surface area contributed by atoms with E-state index in [0.29, 0.717) is 19.5 Å². The van der Waals surface area contributed by atoms with Crippen molar-refractivity contribution in [2.45, 2.75) is 32.4 Å². The van der Waals surface area contributed by atoms with Gasteiger partial charge in [-0.05, 0) is 24.0 Å². The Hall–Kier alpha value is -2.14. The number of aromatic nitrogens is 2. The van der Waals surface area contributed by atoms with Gasteiger partial charge in [-0.15, -0.1) is 0 Å². The van der Waals surface area contributed by atoms with Crippen LogP contribution in [0, 0.1) is 0 Å². The summed E-state index contributed by atoms with van der Waals surface area (Å²) in [5.41, 5.74) is 7.64. The van der Waals surface area contributed by atoms with Crippen molar-refractivity contribution in [2.75, 3.05) is 6.54 Å². The van der Waals surface area contributed by atoms with Crippen molar-refractivity contribution in [1.82, 2.24) is 14.9 Å². The molecule has 2 aromatic rings. The summed E-state index contributed by atoms with van der Waals surface area (Å²) in [6, 6.07) is 7.85. The van der Waals surface area contributed by atoms with E-state index in [-0.39, 0.29) is 5.91 Å². The van der Waals surface area contributed by atoms with Crippen molar-refractivity contribution in [1.29, 1.82) is 0 Å². The van der Waals surface area contributed by atoms with Crippen molar-refractivity contribution in [3.05, 3.63) is 54.1 Å². The van der Waals surface area contributed by atoms with Crippen LogP contribution in [0.4, 0.5) is 0 Å². The summed E-state index contributed by atoms with van der Waals surface area (Å²) in [4.78, 5) is 15.8. The Morgan fingerprint density at radius 2 is 1.95 bits per heavy atom. The first-order valence-corrected chi connectivity index (χ1v) is 7.28.